The lowest BCUT2D eigenvalue weighted by Gasteiger charge is -2.11. The minimum Gasteiger partial charge on any atom is -0.381 e. The topological polar surface area (TPSA) is 72.2 Å². The van der Waals surface area contributed by atoms with Crippen molar-refractivity contribution in [1.82, 2.24) is 0 Å². The Morgan fingerprint density at radius 2 is 2.16 bits per heavy atom. The molecular formula is C12H13BrN2O2S2. The highest BCUT2D eigenvalue weighted by atomic mass is 79.9. The SMILES string of the molecule is Cc1c(NCc2csc(Br)c2)cccc1S(N)(=O)=O. The highest BCUT2D eigenvalue weighted by Crippen LogP contribution is 2.24. The zero-order valence-corrected chi connectivity index (χ0v) is 13.4. The summed E-state index contributed by atoms with van der Waals surface area (Å²) in [5.74, 6) is 0. The Labute approximate surface area is 124 Å². The van der Waals surface area contributed by atoms with Gasteiger partial charge in [-0.3, -0.25) is 0 Å². The smallest absolute Gasteiger partial charge is 0.238 e. The summed E-state index contributed by atoms with van der Waals surface area (Å²) in [5, 5.41) is 10.4. The van der Waals surface area contributed by atoms with Crippen molar-refractivity contribution < 1.29 is 8.42 Å². The van der Waals surface area contributed by atoms with Crippen LogP contribution < -0.4 is 10.5 Å². The Morgan fingerprint density at radius 3 is 2.74 bits per heavy atom. The van der Waals surface area contributed by atoms with E-state index in [1.54, 1.807) is 24.3 Å². The number of nitrogens with one attached hydrogen (secondary N) is 1. The Balaban J connectivity index is 2.22. The molecule has 0 amide bonds. The number of primary sulfonamides is 1. The fraction of sp³-hybridized carbons (Fsp3) is 0.167. The molecule has 0 saturated carbocycles. The van der Waals surface area contributed by atoms with Crippen molar-refractivity contribution >= 4 is 43.0 Å². The lowest BCUT2D eigenvalue weighted by atomic mass is 10.2. The van der Waals surface area contributed by atoms with E-state index < -0.39 is 10.0 Å². The summed E-state index contributed by atoms with van der Waals surface area (Å²) in [6, 6.07) is 7.05. The van der Waals surface area contributed by atoms with Gasteiger partial charge in [0.05, 0.1) is 8.68 Å². The Bertz CT molecular complexity index is 696. The van der Waals surface area contributed by atoms with Gasteiger partial charge in [0.1, 0.15) is 0 Å². The van der Waals surface area contributed by atoms with Crippen molar-refractivity contribution in [2.75, 3.05) is 5.32 Å². The molecule has 7 heteroatoms. The van der Waals surface area contributed by atoms with E-state index in [4.69, 9.17) is 5.14 Å². The minimum absolute atomic E-state index is 0.156. The first-order valence-electron chi connectivity index (χ1n) is 5.47. The molecule has 0 atom stereocenters. The molecule has 0 bridgehead atoms. The third-order valence-corrected chi connectivity index (χ3v) is 5.30. The van der Waals surface area contributed by atoms with Gasteiger partial charge in [0, 0.05) is 12.2 Å². The summed E-state index contributed by atoms with van der Waals surface area (Å²) in [6.45, 7) is 2.38. The summed E-state index contributed by atoms with van der Waals surface area (Å²) in [6.07, 6.45) is 0. The van der Waals surface area contributed by atoms with E-state index in [1.165, 1.54) is 6.07 Å². The zero-order chi connectivity index (χ0) is 14.0. The molecule has 0 aliphatic rings. The molecular weight excluding hydrogens is 348 g/mol. The summed E-state index contributed by atoms with van der Waals surface area (Å²) < 4.78 is 23.9. The molecule has 1 aromatic carbocycles. The number of halogens is 1. The number of hydrogen-bond acceptors (Lipinski definition) is 4. The summed E-state index contributed by atoms with van der Waals surface area (Å²) >= 11 is 5.02. The van der Waals surface area contributed by atoms with Crippen LogP contribution in [0.15, 0.2) is 38.3 Å². The number of anilines is 1. The predicted molar refractivity (Wildman–Crippen MR) is 81.9 cm³/mol. The maximum absolute atomic E-state index is 11.4. The normalized spacial score (nSPS) is 11.5. The van der Waals surface area contributed by atoms with Crippen molar-refractivity contribution in [2.45, 2.75) is 18.4 Å². The van der Waals surface area contributed by atoms with E-state index in [2.05, 4.69) is 21.2 Å². The molecule has 3 N–H and O–H groups in total. The minimum atomic E-state index is -3.68. The summed E-state index contributed by atoms with van der Waals surface area (Å²) in [5.41, 5.74) is 2.55. The van der Waals surface area contributed by atoms with Crippen LogP contribution in [0.4, 0.5) is 5.69 Å². The van der Waals surface area contributed by atoms with E-state index in [9.17, 15) is 8.42 Å². The third-order valence-electron chi connectivity index (χ3n) is 2.70. The molecule has 0 spiro atoms. The second-order valence-electron chi connectivity index (χ2n) is 4.09. The van der Waals surface area contributed by atoms with Crippen molar-refractivity contribution in [3.8, 4) is 0 Å². The van der Waals surface area contributed by atoms with Crippen molar-refractivity contribution in [1.29, 1.82) is 0 Å². The van der Waals surface area contributed by atoms with Crippen LogP contribution in [0.3, 0.4) is 0 Å². The van der Waals surface area contributed by atoms with Gasteiger partial charge < -0.3 is 5.32 Å². The van der Waals surface area contributed by atoms with Crippen LogP contribution in [-0.4, -0.2) is 8.42 Å². The van der Waals surface area contributed by atoms with Crippen LogP contribution in [0, 0.1) is 6.92 Å². The highest BCUT2D eigenvalue weighted by Gasteiger charge is 2.13. The van der Waals surface area contributed by atoms with Crippen LogP contribution >= 0.6 is 27.3 Å². The lowest BCUT2D eigenvalue weighted by Crippen LogP contribution is -2.14. The fourth-order valence-corrected chi connectivity index (χ4v) is 3.76. The van der Waals surface area contributed by atoms with E-state index >= 15 is 0 Å². The van der Waals surface area contributed by atoms with E-state index in [1.807, 2.05) is 17.5 Å². The molecule has 1 heterocycles. The van der Waals surface area contributed by atoms with Crippen LogP contribution in [0.1, 0.15) is 11.1 Å². The third kappa shape index (κ3) is 3.56. The summed E-state index contributed by atoms with van der Waals surface area (Å²) in [4.78, 5) is 0.156. The molecule has 0 fully saturated rings. The number of nitrogens with two attached hydrogens (primary N) is 1. The Hall–Kier alpha value is -0.890. The molecule has 0 aliphatic heterocycles. The van der Waals surface area contributed by atoms with Gasteiger partial charge in [-0.05, 0) is 57.6 Å². The quantitative estimate of drug-likeness (QED) is 0.879. The van der Waals surface area contributed by atoms with Gasteiger partial charge >= 0.3 is 0 Å². The van der Waals surface area contributed by atoms with Crippen molar-refractivity contribution in [3.05, 3.63) is 44.6 Å². The van der Waals surface area contributed by atoms with Gasteiger partial charge in [0.25, 0.3) is 0 Å². The van der Waals surface area contributed by atoms with Crippen LogP contribution in [0.5, 0.6) is 0 Å². The molecule has 2 aromatic rings. The van der Waals surface area contributed by atoms with Gasteiger partial charge in [0.2, 0.25) is 10.0 Å². The highest BCUT2D eigenvalue weighted by molar-refractivity contribution is 9.11. The molecule has 4 nitrogen and oxygen atoms in total. The number of sulfonamides is 1. The fourth-order valence-electron chi connectivity index (χ4n) is 1.75. The molecule has 19 heavy (non-hydrogen) atoms. The average molecular weight is 361 g/mol. The van der Waals surface area contributed by atoms with Crippen LogP contribution in [-0.2, 0) is 16.6 Å². The van der Waals surface area contributed by atoms with E-state index in [-0.39, 0.29) is 4.90 Å². The molecule has 0 saturated heterocycles. The number of hydrogen-bond donors (Lipinski definition) is 2. The maximum atomic E-state index is 11.4. The maximum Gasteiger partial charge on any atom is 0.238 e. The second-order valence-corrected chi connectivity index (χ2v) is 7.91. The first kappa shape index (κ1) is 14.5. The number of rotatable bonds is 4. The Kier molecular flexibility index (Phi) is 4.29. The molecule has 0 radical (unpaired) electrons. The van der Waals surface area contributed by atoms with Crippen LogP contribution in [0.2, 0.25) is 0 Å². The second kappa shape index (κ2) is 5.62. The lowest BCUT2D eigenvalue weighted by molar-refractivity contribution is 0.597. The first-order chi connectivity index (χ1) is 8.88. The first-order valence-corrected chi connectivity index (χ1v) is 8.69. The molecule has 102 valence electrons. The summed E-state index contributed by atoms with van der Waals surface area (Å²) in [7, 11) is -3.68. The molecule has 0 aliphatic carbocycles. The molecule has 0 unspecified atom stereocenters. The number of benzene rings is 1. The van der Waals surface area contributed by atoms with Gasteiger partial charge in [-0.1, -0.05) is 6.07 Å². The largest absolute Gasteiger partial charge is 0.381 e. The standard InChI is InChI=1S/C12H13BrN2O2S2/c1-8-10(3-2-4-11(8)19(14,16)17)15-6-9-5-12(13)18-7-9/h2-5,7,15H,6H2,1H3,(H2,14,16,17). The van der Waals surface area contributed by atoms with Gasteiger partial charge in [0.15, 0.2) is 0 Å². The predicted octanol–water partition coefficient (Wildman–Crippen LogP) is 3.08. The molecule has 1 aromatic heterocycles. The van der Waals surface area contributed by atoms with E-state index in [0.717, 1.165) is 15.0 Å². The molecule has 2 rings (SSSR count). The number of thiophene rings is 1. The van der Waals surface area contributed by atoms with Gasteiger partial charge in [-0.2, -0.15) is 0 Å². The zero-order valence-electron chi connectivity index (χ0n) is 10.2. The van der Waals surface area contributed by atoms with Gasteiger partial charge in [-0.15, -0.1) is 11.3 Å². The Morgan fingerprint density at radius 1 is 1.42 bits per heavy atom. The van der Waals surface area contributed by atoms with E-state index in [0.29, 0.717) is 12.1 Å². The van der Waals surface area contributed by atoms with Crippen LogP contribution in [0.25, 0.3) is 0 Å². The average Bonchev–Trinajstić information content (AvgIpc) is 2.72. The monoisotopic (exact) mass is 360 g/mol. The van der Waals surface area contributed by atoms with Crippen molar-refractivity contribution in [2.24, 2.45) is 5.14 Å². The van der Waals surface area contributed by atoms with Crippen molar-refractivity contribution in [3.63, 3.8) is 0 Å². The van der Waals surface area contributed by atoms with Gasteiger partial charge in [-0.25, -0.2) is 13.6 Å².